The van der Waals surface area contributed by atoms with Crippen molar-refractivity contribution < 1.29 is 19.1 Å². The maximum absolute atomic E-state index is 12.7. The van der Waals surface area contributed by atoms with E-state index in [1.165, 1.54) is 69.5 Å². The highest BCUT2D eigenvalue weighted by atomic mass is 16.6. The smallest absolute Gasteiger partial charge is 0.310 e. The van der Waals surface area contributed by atoms with E-state index in [1.54, 1.807) is 6.26 Å². The van der Waals surface area contributed by atoms with Crippen molar-refractivity contribution in [3.63, 3.8) is 0 Å². The SMILES string of the molecule is CC(=O)O[C@]1(C=COC(=O)CCC2CCCC2)CC[C@H]2[C@@H]3CCC4C=CCC[C@@H]4[C@H]3[C@@H](c3ccc(N(C)C)cc3)C[C@@]21C. The number of ether oxygens (including phenoxy) is 2. The van der Waals surface area contributed by atoms with Crippen LogP contribution in [-0.4, -0.2) is 31.6 Å². The van der Waals surface area contributed by atoms with Crippen molar-refractivity contribution in [1.82, 2.24) is 0 Å². The highest BCUT2D eigenvalue weighted by molar-refractivity contribution is 5.70. The number of benzene rings is 1. The molecule has 1 unspecified atom stereocenters. The molecule has 1 aromatic rings. The monoisotopic (exact) mass is 587 g/mol. The van der Waals surface area contributed by atoms with Crippen LogP contribution >= 0.6 is 0 Å². The van der Waals surface area contributed by atoms with Crippen molar-refractivity contribution in [3.05, 3.63) is 54.3 Å². The lowest BCUT2D eigenvalue weighted by Gasteiger charge is -2.59. The average Bonchev–Trinajstić information content (AvgIpc) is 3.61. The Morgan fingerprint density at radius 2 is 1.77 bits per heavy atom. The molecule has 0 saturated heterocycles. The number of rotatable bonds is 8. The number of carbonyl (C=O) groups is 2. The number of hydrogen-bond acceptors (Lipinski definition) is 5. The van der Waals surface area contributed by atoms with E-state index in [0.717, 1.165) is 25.7 Å². The lowest BCUT2D eigenvalue weighted by Crippen LogP contribution is -2.56. The number of fused-ring (bicyclic) bond motifs is 5. The molecule has 5 aliphatic carbocycles. The van der Waals surface area contributed by atoms with Crippen LogP contribution < -0.4 is 4.90 Å². The van der Waals surface area contributed by atoms with Crippen molar-refractivity contribution in [2.24, 2.45) is 40.9 Å². The maximum Gasteiger partial charge on any atom is 0.310 e. The van der Waals surface area contributed by atoms with Crippen molar-refractivity contribution in [2.45, 2.75) is 109 Å². The molecule has 43 heavy (non-hydrogen) atoms. The third kappa shape index (κ3) is 5.82. The number of anilines is 1. The minimum atomic E-state index is -0.772. The maximum atomic E-state index is 12.7. The molecule has 0 amide bonds. The fraction of sp³-hybridized carbons (Fsp3) is 0.684. The lowest BCUT2D eigenvalue weighted by molar-refractivity contribution is -0.173. The molecule has 4 saturated carbocycles. The fourth-order valence-corrected chi connectivity index (χ4v) is 10.5. The van der Waals surface area contributed by atoms with Gasteiger partial charge in [0.2, 0.25) is 0 Å². The Morgan fingerprint density at radius 1 is 1.00 bits per heavy atom. The zero-order valence-corrected chi connectivity index (χ0v) is 26.9. The Hall–Kier alpha value is -2.56. The Labute approximate surface area is 259 Å². The molecule has 0 radical (unpaired) electrons. The zero-order chi connectivity index (χ0) is 30.2. The molecular formula is C38H53NO4. The molecule has 5 aliphatic rings. The van der Waals surface area contributed by atoms with Crippen molar-refractivity contribution in [2.75, 3.05) is 19.0 Å². The summed E-state index contributed by atoms with van der Waals surface area (Å²) in [6.45, 7) is 3.91. The Balaban J connectivity index is 1.30. The standard InChI is InChI=1S/C38H53NO4/c1-26(40)43-38(23-24-42-35(41)20-13-27-9-5-6-10-27)22-21-34-32-19-16-28-11-7-8-12-31(28)36(32)33(25-37(34,38)2)29-14-17-30(18-15-29)39(3)4/h7,11,14-15,17-18,23-24,27-28,31-34,36H,5-6,8-10,12-13,16,19-22,25H2,1-4H3/t28?,31-,32-,33+,34-,36+,37-,38-/m0/s1. The lowest BCUT2D eigenvalue weighted by atomic mass is 9.46. The van der Waals surface area contributed by atoms with Crippen LogP contribution in [0, 0.1) is 40.9 Å². The van der Waals surface area contributed by atoms with Gasteiger partial charge in [-0.1, -0.05) is 56.9 Å². The summed E-state index contributed by atoms with van der Waals surface area (Å²) in [5, 5.41) is 0. The second-order valence-electron chi connectivity index (χ2n) is 15.0. The molecule has 0 heterocycles. The van der Waals surface area contributed by atoms with Crippen molar-refractivity contribution in [3.8, 4) is 0 Å². The molecule has 234 valence electrons. The van der Waals surface area contributed by atoms with Gasteiger partial charge in [0.25, 0.3) is 0 Å². The van der Waals surface area contributed by atoms with Crippen LogP contribution in [0.1, 0.15) is 109 Å². The Morgan fingerprint density at radius 3 is 2.49 bits per heavy atom. The van der Waals surface area contributed by atoms with Crippen molar-refractivity contribution in [1.29, 1.82) is 0 Å². The first-order valence-electron chi connectivity index (χ1n) is 17.2. The summed E-state index contributed by atoms with van der Waals surface area (Å²) in [5.41, 5.74) is 1.62. The molecule has 4 fully saturated rings. The summed E-state index contributed by atoms with van der Waals surface area (Å²) in [7, 11) is 4.19. The normalized spacial score (nSPS) is 37.0. The molecule has 6 rings (SSSR count). The first-order chi connectivity index (χ1) is 20.7. The summed E-state index contributed by atoms with van der Waals surface area (Å²) in [6, 6.07) is 9.23. The van der Waals surface area contributed by atoms with Gasteiger partial charge in [0.05, 0.1) is 6.26 Å². The highest BCUT2D eigenvalue weighted by Crippen LogP contribution is 2.69. The van der Waals surface area contributed by atoms with Gasteiger partial charge < -0.3 is 14.4 Å². The predicted octanol–water partition coefficient (Wildman–Crippen LogP) is 8.59. The summed E-state index contributed by atoms with van der Waals surface area (Å²) in [6.07, 6.45) is 22.6. The van der Waals surface area contributed by atoms with Crippen LogP contribution in [0.15, 0.2) is 48.8 Å². The second-order valence-corrected chi connectivity index (χ2v) is 15.0. The molecule has 0 aliphatic heterocycles. The van der Waals surface area contributed by atoms with E-state index in [2.05, 4.69) is 62.3 Å². The fourth-order valence-electron chi connectivity index (χ4n) is 10.5. The molecule has 1 aromatic carbocycles. The summed E-state index contributed by atoms with van der Waals surface area (Å²) >= 11 is 0. The Kier molecular flexibility index (Phi) is 8.82. The van der Waals surface area contributed by atoms with Gasteiger partial charge in [-0.3, -0.25) is 9.59 Å². The number of nitrogens with zero attached hydrogens (tertiary/aromatic N) is 1. The van der Waals surface area contributed by atoms with Gasteiger partial charge in [0.1, 0.15) is 5.60 Å². The summed E-state index contributed by atoms with van der Waals surface area (Å²) in [5.74, 6) is 3.74. The molecule has 0 N–H and O–H groups in total. The van der Waals surface area contributed by atoms with Crippen LogP contribution in [0.3, 0.4) is 0 Å². The van der Waals surface area contributed by atoms with Crippen LogP contribution in [0.2, 0.25) is 0 Å². The Bertz CT molecular complexity index is 1210. The molecule has 5 nitrogen and oxygen atoms in total. The first-order valence-corrected chi connectivity index (χ1v) is 17.2. The molecule has 5 heteroatoms. The van der Waals surface area contributed by atoms with E-state index in [4.69, 9.17) is 9.47 Å². The second kappa shape index (κ2) is 12.4. The molecular weight excluding hydrogens is 534 g/mol. The number of allylic oxidation sites excluding steroid dienone is 2. The number of hydrogen-bond donors (Lipinski definition) is 0. The van der Waals surface area contributed by atoms with Gasteiger partial charge in [-0.15, -0.1) is 0 Å². The van der Waals surface area contributed by atoms with E-state index < -0.39 is 5.60 Å². The van der Waals surface area contributed by atoms with Crippen LogP contribution in [0.5, 0.6) is 0 Å². The van der Waals surface area contributed by atoms with Gasteiger partial charge in [-0.05, 0) is 117 Å². The van der Waals surface area contributed by atoms with E-state index in [0.29, 0.717) is 47.8 Å². The third-order valence-electron chi connectivity index (χ3n) is 12.6. The van der Waals surface area contributed by atoms with E-state index in [1.807, 2.05) is 6.08 Å². The van der Waals surface area contributed by atoms with Crippen LogP contribution in [0.4, 0.5) is 5.69 Å². The van der Waals surface area contributed by atoms with Crippen LogP contribution in [-0.2, 0) is 19.1 Å². The molecule has 0 spiro atoms. The van der Waals surface area contributed by atoms with Gasteiger partial charge in [0, 0.05) is 38.5 Å². The van der Waals surface area contributed by atoms with Gasteiger partial charge >= 0.3 is 11.9 Å². The summed E-state index contributed by atoms with van der Waals surface area (Å²) < 4.78 is 12.1. The summed E-state index contributed by atoms with van der Waals surface area (Å²) in [4.78, 5) is 27.6. The van der Waals surface area contributed by atoms with E-state index in [9.17, 15) is 9.59 Å². The third-order valence-corrected chi connectivity index (χ3v) is 12.6. The quantitative estimate of drug-likeness (QED) is 0.173. The zero-order valence-electron chi connectivity index (χ0n) is 26.9. The van der Waals surface area contributed by atoms with Gasteiger partial charge in [-0.2, -0.15) is 0 Å². The topological polar surface area (TPSA) is 55.8 Å². The average molecular weight is 588 g/mol. The number of esters is 2. The predicted molar refractivity (Wildman–Crippen MR) is 171 cm³/mol. The minimum Gasteiger partial charge on any atom is -0.454 e. The number of carbonyl (C=O) groups excluding carboxylic acids is 2. The molecule has 0 aromatic heterocycles. The first kappa shape index (κ1) is 30.5. The van der Waals surface area contributed by atoms with Crippen molar-refractivity contribution >= 4 is 17.6 Å². The van der Waals surface area contributed by atoms with Crippen LogP contribution in [0.25, 0.3) is 0 Å². The highest BCUT2D eigenvalue weighted by Gasteiger charge is 2.66. The van der Waals surface area contributed by atoms with Gasteiger partial charge in [-0.25, -0.2) is 0 Å². The largest absolute Gasteiger partial charge is 0.454 e. The van der Waals surface area contributed by atoms with Gasteiger partial charge in [0.15, 0.2) is 0 Å². The van der Waals surface area contributed by atoms with E-state index >= 15 is 0 Å². The molecule has 0 bridgehead atoms. The molecule has 8 atom stereocenters. The minimum absolute atomic E-state index is 0.174. The van der Waals surface area contributed by atoms with E-state index in [-0.39, 0.29) is 17.4 Å².